The van der Waals surface area contributed by atoms with Crippen LogP contribution < -0.4 is 5.73 Å². The van der Waals surface area contributed by atoms with E-state index in [1.807, 2.05) is 20.8 Å². The highest BCUT2D eigenvalue weighted by Gasteiger charge is 2.47. The Hall–Kier alpha value is -0.570. The molecule has 1 fully saturated rings. The molecule has 3 N–H and O–H groups in total. The highest BCUT2D eigenvalue weighted by atomic mass is 16.6. The first kappa shape index (κ1) is 7.54. The molecule has 0 amide bonds. The third-order valence-electron chi connectivity index (χ3n) is 2.37. The van der Waals surface area contributed by atoms with Gasteiger partial charge in [-0.2, -0.15) is 0 Å². The van der Waals surface area contributed by atoms with E-state index in [0.717, 1.165) is 0 Å². The van der Waals surface area contributed by atoms with E-state index in [4.69, 9.17) is 4.74 Å². The lowest BCUT2D eigenvalue weighted by Gasteiger charge is -2.20. The van der Waals surface area contributed by atoms with Gasteiger partial charge in [0.25, 0.3) is 0 Å². The normalized spacial score (nSPS) is 37.8. The molecular weight excluding hydrogens is 130 g/mol. The maximum absolute atomic E-state index is 10.9. The van der Waals surface area contributed by atoms with Gasteiger partial charge in [-0.3, -0.25) is 0 Å². The largest absolute Gasteiger partial charge is 0.455 e. The number of hydrogen-bond acceptors (Lipinski definition) is 2. The van der Waals surface area contributed by atoms with E-state index in [9.17, 15) is 4.79 Å². The summed E-state index contributed by atoms with van der Waals surface area (Å²) in [6.45, 7) is 5.82. The topological polar surface area (TPSA) is 53.9 Å². The molecule has 0 bridgehead atoms. The summed E-state index contributed by atoms with van der Waals surface area (Å²) in [5.74, 6) is 0.0532. The fraction of sp³-hybridized carbons (Fsp3) is 0.857. The Kier molecular flexibility index (Phi) is 1.47. The molecule has 1 rings (SSSR count). The zero-order valence-corrected chi connectivity index (χ0v) is 6.68. The Morgan fingerprint density at radius 1 is 1.60 bits per heavy atom. The summed E-state index contributed by atoms with van der Waals surface area (Å²) in [6.07, 6.45) is 0. The van der Waals surface area contributed by atoms with Crippen molar-refractivity contribution in [1.29, 1.82) is 0 Å². The number of quaternary nitrogens is 1. The Morgan fingerprint density at radius 3 is 2.20 bits per heavy atom. The minimum atomic E-state index is -0.316. The predicted octanol–water partition coefficient (Wildman–Crippen LogP) is -0.432. The highest BCUT2D eigenvalue weighted by Crippen LogP contribution is 2.29. The number of cyclic esters (lactones) is 1. The molecule has 0 saturated carbocycles. The third kappa shape index (κ3) is 0.904. The van der Waals surface area contributed by atoms with Gasteiger partial charge in [-0.1, -0.05) is 6.92 Å². The van der Waals surface area contributed by atoms with E-state index in [1.165, 1.54) is 0 Å². The molecule has 10 heavy (non-hydrogen) atoms. The van der Waals surface area contributed by atoms with Gasteiger partial charge < -0.3 is 10.5 Å². The second-order valence-electron chi connectivity index (χ2n) is 3.42. The van der Waals surface area contributed by atoms with Crippen LogP contribution in [0.4, 0.5) is 0 Å². The summed E-state index contributed by atoms with van der Waals surface area (Å²) in [6, 6.07) is -0.185. The highest BCUT2D eigenvalue weighted by molar-refractivity contribution is 5.77. The standard InChI is InChI=1S/C7H13NO2/c1-4-5(8)6(9)10-7(4,2)3/h4-5H,8H2,1-3H3/p+1/t4-,5-/m0/s1. The monoisotopic (exact) mass is 144 g/mol. The molecule has 0 aliphatic carbocycles. The second-order valence-corrected chi connectivity index (χ2v) is 3.42. The van der Waals surface area contributed by atoms with Crippen LogP contribution in [0.5, 0.6) is 0 Å². The first-order chi connectivity index (χ1) is 4.45. The summed E-state index contributed by atoms with van der Waals surface area (Å²) in [5.41, 5.74) is 3.40. The molecule has 0 spiro atoms. The van der Waals surface area contributed by atoms with Crippen LogP contribution in [0.3, 0.4) is 0 Å². The average Bonchev–Trinajstić information content (AvgIpc) is 1.95. The van der Waals surface area contributed by atoms with Crippen molar-refractivity contribution in [2.24, 2.45) is 5.92 Å². The molecule has 3 nitrogen and oxygen atoms in total. The zero-order valence-electron chi connectivity index (χ0n) is 6.68. The van der Waals surface area contributed by atoms with Gasteiger partial charge in [-0.05, 0) is 13.8 Å². The van der Waals surface area contributed by atoms with Gasteiger partial charge >= 0.3 is 5.97 Å². The summed E-state index contributed by atoms with van der Waals surface area (Å²) in [4.78, 5) is 10.9. The number of carbonyl (C=O) groups excluding carboxylic acids is 1. The van der Waals surface area contributed by atoms with Crippen LogP contribution in [0.25, 0.3) is 0 Å². The fourth-order valence-electron chi connectivity index (χ4n) is 1.12. The van der Waals surface area contributed by atoms with Crippen molar-refractivity contribution in [3.8, 4) is 0 Å². The Morgan fingerprint density at radius 2 is 2.10 bits per heavy atom. The van der Waals surface area contributed by atoms with Crippen LogP contribution in [-0.2, 0) is 9.53 Å². The van der Waals surface area contributed by atoms with Gasteiger partial charge in [0.15, 0.2) is 6.04 Å². The van der Waals surface area contributed by atoms with E-state index in [-0.39, 0.29) is 23.5 Å². The van der Waals surface area contributed by atoms with Gasteiger partial charge in [0, 0.05) is 0 Å². The van der Waals surface area contributed by atoms with E-state index in [1.54, 1.807) is 0 Å². The van der Waals surface area contributed by atoms with Gasteiger partial charge in [-0.25, -0.2) is 4.79 Å². The molecule has 1 saturated heterocycles. The van der Waals surface area contributed by atoms with Crippen molar-refractivity contribution in [2.75, 3.05) is 0 Å². The van der Waals surface area contributed by atoms with E-state index >= 15 is 0 Å². The zero-order chi connectivity index (χ0) is 7.94. The van der Waals surface area contributed by atoms with Crippen LogP contribution in [0.15, 0.2) is 0 Å². The van der Waals surface area contributed by atoms with Crippen molar-refractivity contribution < 1.29 is 15.3 Å². The Bertz CT molecular complexity index is 165. The van der Waals surface area contributed by atoms with Crippen molar-refractivity contribution in [2.45, 2.75) is 32.4 Å². The summed E-state index contributed by atoms with van der Waals surface area (Å²) in [5, 5.41) is 0. The summed E-state index contributed by atoms with van der Waals surface area (Å²) in [7, 11) is 0. The molecule has 2 atom stereocenters. The number of ether oxygens (including phenoxy) is 1. The molecule has 1 aliphatic heterocycles. The minimum Gasteiger partial charge on any atom is -0.455 e. The smallest absolute Gasteiger partial charge is 0.365 e. The summed E-state index contributed by atoms with van der Waals surface area (Å²) >= 11 is 0. The van der Waals surface area contributed by atoms with Gasteiger partial charge in [0.05, 0.1) is 5.92 Å². The molecule has 1 heterocycles. The lowest BCUT2D eigenvalue weighted by atomic mass is 9.90. The van der Waals surface area contributed by atoms with Gasteiger partial charge in [0.2, 0.25) is 0 Å². The van der Waals surface area contributed by atoms with Crippen LogP contribution in [-0.4, -0.2) is 17.6 Å². The first-order valence-corrected chi connectivity index (χ1v) is 3.51. The van der Waals surface area contributed by atoms with E-state index in [0.29, 0.717) is 0 Å². The van der Waals surface area contributed by atoms with Crippen LogP contribution in [0, 0.1) is 5.92 Å². The van der Waals surface area contributed by atoms with Crippen LogP contribution in [0.2, 0.25) is 0 Å². The van der Waals surface area contributed by atoms with Crippen LogP contribution >= 0.6 is 0 Å². The molecule has 0 radical (unpaired) electrons. The summed E-state index contributed by atoms with van der Waals surface area (Å²) < 4.78 is 5.07. The van der Waals surface area contributed by atoms with Crippen molar-refractivity contribution in [3.63, 3.8) is 0 Å². The second kappa shape index (κ2) is 1.95. The maximum Gasteiger partial charge on any atom is 0.365 e. The predicted molar refractivity (Wildman–Crippen MR) is 36.0 cm³/mol. The molecule has 3 heteroatoms. The number of hydrogen-bond donors (Lipinski definition) is 1. The van der Waals surface area contributed by atoms with Crippen molar-refractivity contribution >= 4 is 5.97 Å². The third-order valence-corrected chi connectivity index (χ3v) is 2.37. The Balaban J connectivity index is 2.81. The molecule has 0 unspecified atom stereocenters. The van der Waals surface area contributed by atoms with Crippen molar-refractivity contribution in [1.82, 2.24) is 0 Å². The van der Waals surface area contributed by atoms with Gasteiger partial charge in [0.1, 0.15) is 5.60 Å². The molecule has 58 valence electrons. The molecule has 0 aromatic heterocycles. The number of esters is 1. The lowest BCUT2D eigenvalue weighted by molar-refractivity contribution is -0.412. The van der Waals surface area contributed by atoms with Crippen molar-refractivity contribution in [3.05, 3.63) is 0 Å². The van der Waals surface area contributed by atoms with E-state index < -0.39 is 0 Å². The van der Waals surface area contributed by atoms with Crippen LogP contribution in [0.1, 0.15) is 20.8 Å². The first-order valence-electron chi connectivity index (χ1n) is 3.51. The van der Waals surface area contributed by atoms with Gasteiger partial charge in [-0.15, -0.1) is 0 Å². The molecular formula is C7H14NO2+. The minimum absolute atomic E-state index is 0.169. The maximum atomic E-state index is 10.9. The SMILES string of the molecule is C[C@H]1[C@H]([NH3+])C(=O)OC1(C)C. The molecule has 1 aliphatic rings. The molecule has 0 aromatic rings. The fourth-order valence-corrected chi connectivity index (χ4v) is 1.12. The number of rotatable bonds is 0. The lowest BCUT2D eigenvalue weighted by Crippen LogP contribution is -2.66. The van der Waals surface area contributed by atoms with E-state index in [2.05, 4.69) is 5.73 Å². The number of carbonyl (C=O) groups is 1. The quantitative estimate of drug-likeness (QED) is 0.469. The Labute approximate surface area is 60.5 Å². The average molecular weight is 144 g/mol. The molecule has 0 aromatic carbocycles.